The SMILES string of the molecule is Cc1nccc(-c2cccc(NC(=O)c3sccc3C3CC3)c2)n1. The number of carbonyl (C=O) groups is 1. The van der Waals surface area contributed by atoms with Crippen LogP contribution < -0.4 is 5.32 Å². The first-order chi connectivity index (χ1) is 11.7. The van der Waals surface area contributed by atoms with Crippen molar-refractivity contribution in [3.63, 3.8) is 0 Å². The summed E-state index contributed by atoms with van der Waals surface area (Å²) in [5.74, 6) is 1.28. The Balaban J connectivity index is 1.57. The topological polar surface area (TPSA) is 54.9 Å². The van der Waals surface area contributed by atoms with Crippen molar-refractivity contribution in [2.24, 2.45) is 0 Å². The summed E-state index contributed by atoms with van der Waals surface area (Å²) in [4.78, 5) is 22.0. The molecule has 0 unspecified atom stereocenters. The van der Waals surface area contributed by atoms with Gasteiger partial charge >= 0.3 is 0 Å². The zero-order valence-corrected chi connectivity index (χ0v) is 14.1. The van der Waals surface area contributed by atoms with Gasteiger partial charge in [-0.1, -0.05) is 12.1 Å². The van der Waals surface area contributed by atoms with Crippen LogP contribution in [0.1, 0.15) is 39.8 Å². The van der Waals surface area contributed by atoms with Crippen LogP contribution in [0.15, 0.2) is 48.0 Å². The van der Waals surface area contributed by atoms with Crippen molar-refractivity contribution in [1.29, 1.82) is 0 Å². The predicted octanol–water partition coefficient (Wildman–Crippen LogP) is 4.64. The van der Waals surface area contributed by atoms with Gasteiger partial charge in [0.05, 0.1) is 10.6 Å². The van der Waals surface area contributed by atoms with Crippen LogP contribution in [0.2, 0.25) is 0 Å². The third-order valence-electron chi connectivity index (χ3n) is 4.11. The molecule has 0 atom stereocenters. The first-order valence-electron chi connectivity index (χ1n) is 7.99. The summed E-state index contributed by atoms with van der Waals surface area (Å²) in [6.45, 7) is 1.87. The molecule has 24 heavy (non-hydrogen) atoms. The van der Waals surface area contributed by atoms with Crippen LogP contribution >= 0.6 is 11.3 Å². The Morgan fingerprint density at radius 2 is 2.12 bits per heavy atom. The number of hydrogen-bond acceptors (Lipinski definition) is 4. The molecule has 0 bridgehead atoms. The average Bonchev–Trinajstić information content (AvgIpc) is 3.31. The van der Waals surface area contributed by atoms with Gasteiger partial charge in [-0.2, -0.15) is 0 Å². The van der Waals surface area contributed by atoms with Gasteiger partial charge in [0.1, 0.15) is 5.82 Å². The number of aryl methyl sites for hydroxylation is 1. The van der Waals surface area contributed by atoms with E-state index in [9.17, 15) is 4.79 Å². The smallest absolute Gasteiger partial charge is 0.266 e. The highest BCUT2D eigenvalue weighted by Crippen LogP contribution is 2.43. The van der Waals surface area contributed by atoms with Gasteiger partial charge in [0, 0.05) is 17.4 Å². The maximum absolute atomic E-state index is 12.6. The summed E-state index contributed by atoms with van der Waals surface area (Å²) in [6.07, 6.45) is 4.13. The quantitative estimate of drug-likeness (QED) is 0.755. The Morgan fingerprint density at radius 3 is 2.92 bits per heavy atom. The second kappa shape index (κ2) is 6.17. The fraction of sp³-hybridized carbons (Fsp3) is 0.211. The van der Waals surface area contributed by atoms with E-state index in [2.05, 4.69) is 21.4 Å². The summed E-state index contributed by atoms with van der Waals surface area (Å²) in [6, 6.07) is 11.7. The minimum Gasteiger partial charge on any atom is -0.321 e. The van der Waals surface area contributed by atoms with Crippen molar-refractivity contribution < 1.29 is 4.79 Å². The molecule has 5 heteroatoms. The Bertz CT molecular complexity index is 899. The molecule has 1 aromatic carbocycles. The Labute approximate surface area is 144 Å². The van der Waals surface area contributed by atoms with Crippen molar-refractivity contribution in [2.75, 3.05) is 5.32 Å². The minimum absolute atomic E-state index is 0.0251. The second-order valence-electron chi connectivity index (χ2n) is 6.00. The summed E-state index contributed by atoms with van der Waals surface area (Å²) in [5.41, 5.74) is 3.80. The van der Waals surface area contributed by atoms with Gasteiger partial charge in [0.15, 0.2) is 0 Å². The van der Waals surface area contributed by atoms with Gasteiger partial charge < -0.3 is 5.32 Å². The number of anilines is 1. The first kappa shape index (κ1) is 15.0. The standard InChI is InChI=1S/C19H17N3OS/c1-12-20-9-7-17(21-12)14-3-2-4-15(11-14)22-19(23)18-16(8-10-24-18)13-5-6-13/h2-4,7-11,13H,5-6H2,1H3,(H,22,23). The number of benzene rings is 1. The maximum atomic E-state index is 12.6. The first-order valence-corrected chi connectivity index (χ1v) is 8.87. The molecule has 1 aliphatic carbocycles. The molecule has 0 saturated heterocycles. The van der Waals surface area contributed by atoms with Crippen molar-refractivity contribution in [3.05, 3.63) is 64.2 Å². The number of rotatable bonds is 4. The normalized spacial score (nSPS) is 13.7. The largest absolute Gasteiger partial charge is 0.321 e. The zero-order valence-electron chi connectivity index (χ0n) is 13.3. The van der Waals surface area contributed by atoms with E-state index in [0.29, 0.717) is 5.92 Å². The van der Waals surface area contributed by atoms with E-state index in [1.807, 2.05) is 42.6 Å². The molecule has 0 aliphatic heterocycles. The molecule has 1 fully saturated rings. The van der Waals surface area contributed by atoms with Gasteiger partial charge in [0.25, 0.3) is 5.91 Å². The molecule has 3 aromatic rings. The molecule has 1 N–H and O–H groups in total. The minimum atomic E-state index is -0.0251. The lowest BCUT2D eigenvalue weighted by atomic mass is 10.1. The molecule has 2 heterocycles. The highest BCUT2D eigenvalue weighted by atomic mass is 32.1. The molecule has 4 nitrogen and oxygen atoms in total. The molecular formula is C19H17N3OS. The molecule has 2 aromatic heterocycles. The van der Waals surface area contributed by atoms with E-state index in [1.54, 1.807) is 6.20 Å². The van der Waals surface area contributed by atoms with Crippen LogP contribution in [0.3, 0.4) is 0 Å². The number of hydrogen-bond donors (Lipinski definition) is 1. The Kier molecular flexibility index (Phi) is 3.86. The maximum Gasteiger partial charge on any atom is 0.266 e. The third kappa shape index (κ3) is 3.08. The van der Waals surface area contributed by atoms with Crippen LogP contribution in [0, 0.1) is 6.92 Å². The third-order valence-corrected chi connectivity index (χ3v) is 5.04. The van der Waals surface area contributed by atoms with E-state index >= 15 is 0 Å². The van der Waals surface area contributed by atoms with Crippen molar-refractivity contribution in [2.45, 2.75) is 25.7 Å². The predicted molar refractivity (Wildman–Crippen MR) is 96.5 cm³/mol. The summed E-state index contributed by atoms with van der Waals surface area (Å²) in [5, 5.41) is 5.02. The van der Waals surface area contributed by atoms with Crippen LogP contribution in [-0.2, 0) is 0 Å². The molecular weight excluding hydrogens is 318 g/mol. The molecule has 1 amide bonds. The van der Waals surface area contributed by atoms with E-state index < -0.39 is 0 Å². The molecule has 1 saturated carbocycles. The molecule has 4 rings (SSSR count). The number of amides is 1. The fourth-order valence-corrected chi connectivity index (χ4v) is 3.66. The van der Waals surface area contributed by atoms with Gasteiger partial charge in [0.2, 0.25) is 0 Å². The summed E-state index contributed by atoms with van der Waals surface area (Å²) in [7, 11) is 0. The second-order valence-corrected chi connectivity index (χ2v) is 6.92. The van der Waals surface area contributed by atoms with Crippen molar-refractivity contribution >= 4 is 22.9 Å². The highest BCUT2D eigenvalue weighted by Gasteiger charge is 2.28. The van der Waals surface area contributed by atoms with Gasteiger partial charge in [-0.25, -0.2) is 9.97 Å². The van der Waals surface area contributed by atoms with Crippen molar-refractivity contribution in [1.82, 2.24) is 9.97 Å². The van der Waals surface area contributed by atoms with Crippen molar-refractivity contribution in [3.8, 4) is 11.3 Å². The Morgan fingerprint density at radius 1 is 1.25 bits per heavy atom. The monoisotopic (exact) mass is 335 g/mol. The molecule has 120 valence electrons. The number of thiophene rings is 1. The van der Waals surface area contributed by atoms with Crippen LogP contribution in [0.25, 0.3) is 11.3 Å². The highest BCUT2D eigenvalue weighted by molar-refractivity contribution is 7.12. The average molecular weight is 335 g/mol. The van der Waals surface area contributed by atoms with E-state index in [4.69, 9.17) is 0 Å². The number of aromatic nitrogens is 2. The number of nitrogens with zero attached hydrogens (tertiary/aromatic N) is 2. The summed E-state index contributed by atoms with van der Waals surface area (Å²) >= 11 is 1.52. The lowest BCUT2D eigenvalue weighted by Gasteiger charge is -2.08. The van der Waals surface area contributed by atoms with Crippen LogP contribution in [-0.4, -0.2) is 15.9 Å². The molecule has 0 spiro atoms. The lowest BCUT2D eigenvalue weighted by molar-refractivity contribution is 0.102. The summed E-state index contributed by atoms with van der Waals surface area (Å²) < 4.78 is 0. The van der Waals surface area contributed by atoms with E-state index in [-0.39, 0.29) is 5.91 Å². The van der Waals surface area contributed by atoms with Gasteiger partial charge in [-0.15, -0.1) is 11.3 Å². The lowest BCUT2D eigenvalue weighted by Crippen LogP contribution is -2.12. The van der Waals surface area contributed by atoms with E-state index in [0.717, 1.165) is 27.6 Å². The number of carbonyl (C=O) groups excluding carboxylic acids is 1. The molecule has 0 radical (unpaired) electrons. The fourth-order valence-electron chi connectivity index (χ4n) is 2.78. The van der Waals surface area contributed by atoms with Gasteiger partial charge in [-0.05, 0) is 60.9 Å². The molecule has 1 aliphatic rings. The zero-order chi connectivity index (χ0) is 16.5. The Hall–Kier alpha value is -2.53. The number of nitrogens with one attached hydrogen (secondary N) is 1. The van der Waals surface area contributed by atoms with E-state index in [1.165, 1.54) is 29.7 Å². The van der Waals surface area contributed by atoms with Crippen LogP contribution in [0.4, 0.5) is 5.69 Å². The van der Waals surface area contributed by atoms with Gasteiger partial charge in [-0.3, -0.25) is 4.79 Å². The van der Waals surface area contributed by atoms with Crippen LogP contribution in [0.5, 0.6) is 0 Å².